The first-order valence-electron chi connectivity index (χ1n) is 7.74. The normalized spacial score (nSPS) is 10.8. The van der Waals surface area contributed by atoms with Crippen LogP contribution in [0.3, 0.4) is 0 Å². The number of halogens is 1. The summed E-state index contributed by atoms with van der Waals surface area (Å²) in [7, 11) is 1.65. The van der Waals surface area contributed by atoms with Gasteiger partial charge >= 0.3 is 0 Å². The molecule has 4 aromatic rings. The third kappa shape index (κ3) is 3.14. The van der Waals surface area contributed by atoms with E-state index < -0.39 is 0 Å². The van der Waals surface area contributed by atoms with E-state index >= 15 is 0 Å². The zero-order chi connectivity index (χ0) is 17.2. The van der Waals surface area contributed by atoms with Crippen LogP contribution in [0.1, 0.15) is 0 Å². The van der Waals surface area contributed by atoms with Gasteiger partial charge in [-0.05, 0) is 36.4 Å². The summed E-state index contributed by atoms with van der Waals surface area (Å²) in [5.41, 5.74) is 3.41. The Hall–Kier alpha value is -3.05. The minimum atomic E-state index is 0.674. The van der Waals surface area contributed by atoms with E-state index in [0.717, 1.165) is 28.3 Å². The molecule has 2 aromatic carbocycles. The molecule has 0 aliphatic heterocycles. The van der Waals surface area contributed by atoms with Gasteiger partial charge in [0.05, 0.1) is 12.8 Å². The maximum absolute atomic E-state index is 6.12. The van der Waals surface area contributed by atoms with Gasteiger partial charge in [0.15, 0.2) is 11.5 Å². The first-order chi connectivity index (χ1) is 12.2. The first-order valence-corrected chi connectivity index (χ1v) is 8.11. The summed E-state index contributed by atoms with van der Waals surface area (Å²) < 4.78 is 7.13. The van der Waals surface area contributed by atoms with Gasteiger partial charge in [0, 0.05) is 34.9 Å². The second-order valence-corrected chi connectivity index (χ2v) is 5.93. The summed E-state index contributed by atoms with van der Waals surface area (Å²) in [6.45, 7) is 0. The highest BCUT2D eigenvalue weighted by molar-refractivity contribution is 6.30. The second kappa shape index (κ2) is 6.45. The van der Waals surface area contributed by atoms with E-state index in [1.165, 1.54) is 0 Å². The van der Waals surface area contributed by atoms with Crippen molar-refractivity contribution in [1.82, 2.24) is 14.4 Å². The van der Waals surface area contributed by atoms with E-state index in [1.807, 2.05) is 65.3 Å². The first kappa shape index (κ1) is 15.5. The molecule has 1 N–H and O–H groups in total. The van der Waals surface area contributed by atoms with Gasteiger partial charge in [0.1, 0.15) is 5.75 Å². The van der Waals surface area contributed by atoms with Crippen LogP contribution in [0, 0.1) is 0 Å². The molecule has 0 amide bonds. The maximum atomic E-state index is 6.12. The van der Waals surface area contributed by atoms with Crippen molar-refractivity contribution in [3.05, 3.63) is 72.1 Å². The molecule has 0 aliphatic carbocycles. The van der Waals surface area contributed by atoms with Gasteiger partial charge in [-0.15, -0.1) is 0 Å². The number of fused-ring (bicyclic) bond motifs is 1. The molecular formula is C19H15ClN4O. The number of nitrogens with zero attached hydrogens (tertiary/aromatic N) is 3. The van der Waals surface area contributed by atoms with E-state index in [-0.39, 0.29) is 0 Å². The maximum Gasteiger partial charge on any atom is 0.180 e. The Morgan fingerprint density at radius 3 is 2.72 bits per heavy atom. The van der Waals surface area contributed by atoms with Crippen molar-refractivity contribution in [1.29, 1.82) is 0 Å². The van der Waals surface area contributed by atoms with Gasteiger partial charge in [-0.25, -0.2) is 9.97 Å². The molecule has 0 radical (unpaired) electrons. The molecule has 2 aromatic heterocycles. The highest BCUT2D eigenvalue weighted by Gasteiger charge is 2.10. The number of imidazole rings is 1. The lowest BCUT2D eigenvalue weighted by Crippen LogP contribution is -2.00. The van der Waals surface area contributed by atoms with E-state index in [1.54, 1.807) is 13.3 Å². The molecule has 0 unspecified atom stereocenters. The molecule has 6 heteroatoms. The summed E-state index contributed by atoms with van der Waals surface area (Å²) >= 11 is 6.12. The SMILES string of the molecule is COc1ccc(Nc2nc(-c3cccc(Cl)c3)cn3ccnc23)cc1. The van der Waals surface area contributed by atoms with E-state index in [4.69, 9.17) is 21.3 Å². The van der Waals surface area contributed by atoms with Crippen molar-refractivity contribution >= 4 is 28.8 Å². The molecule has 5 nitrogen and oxygen atoms in total. The summed E-state index contributed by atoms with van der Waals surface area (Å²) in [5, 5.41) is 4.00. The van der Waals surface area contributed by atoms with E-state index in [9.17, 15) is 0 Å². The fraction of sp³-hybridized carbons (Fsp3) is 0.0526. The van der Waals surface area contributed by atoms with Crippen molar-refractivity contribution in [3.8, 4) is 17.0 Å². The van der Waals surface area contributed by atoms with Crippen molar-refractivity contribution in [3.63, 3.8) is 0 Å². The molecule has 0 spiro atoms. The Labute approximate surface area is 149 Å². The molecule has 2 heterocycles. The molecule has 0 fully saturated rings. The number of hydrogen-bond acceptors (Lipinski definition) is 4. The third-order valence-corrected chi connectivity index (χ3v) is 4.08. The summed E-state index contributed by atoms with van der Waals surface area (Å²) in [6, 6.07) is 15.3. The molecule has 0 aliphatic rings. The monoisotopic (exact) mass is 350 g/mol. The smallest absolute Gasteiger partial charge is 0.180 e. The lowest BCUT2D eigenvalue weighted by Gasteiger charge is -2.10. The summed E-state index contributed by atoms with van der Waals surface area (Å²) in [5.74, 6) is 1.48. The van der Waals surface area contributed by atoms with Crippen LogP contribution < -0.4 is 10.1 Å². The molecule has 124 valence electrons. The number of ether oxygens (including phenoxy) is 1. The van der Waals surface area contributed by atoms with Crippen LogP contribution in [0.4, 0.5) is 11.5 Å². The van der Waals surface area contributed by atoms with Gasteiger partial charge in [0.25, 0.3) is 0 Å². The lowest BCUT2D eigenvalue weighted by molar-refractivity contribution is 0.415. The Balaban J connectivity index is 1.77. The fourth-order valence-corrected chi connectivity index (χ4v) is 2.80. The molecule has 0 atom stereocenters. The van der Waals surface area contributed by atoms with Crippen molar-refractivity contribution in [2.75, 3.05) is 12.4 Å². The van der Waals surface area contributed by atoms with Crippen LogP contribution in [0.15, 0.2) is 67.1 Å². The number of aromatic nitrogens is 3. The van der Waals surface area contributed by atoms with Crippen LogP contribution in [-0.2, 0) is 0 Å². The van der Waals surface area contributed by atoms with Gasteiger partial charge in [-0.1, -0.05) is 23.7 Å². The van der Waals surface area contributed by atoms with E-state index in [2.05, 4.69) is 10.3 Å². The average molecular weight is 351 g/mol. The van der Waals surface area contributed by atoms with Crippen molar-refractivity contribution in [2.24, 2.45) is 0 Å². The van der Waals surface area contributed by atoms with Crippen LogP contribution in [0.5, 0.6) is 5.75 Å². The molecule has 25 heavy (non-hydrogen) atoms. The topological polar surface area (TPSA) is 51.5 Å². The van der Waals surface area contributed by atoms with Gasteiger partial charge in [0.2, 0.25) is 0 Å². The van der Waals surface area contributed by atoms with Crippen LogP contribution >= 0.6 is 11.6 Å². The average Bonchev–Trinajstić information content (AvgIpc) is 3.11. The standard InChI is InChI=1S/C19H15ClN4O/c1-25-16-7-5-15(6-8-16)22-18-19-21-9-10-24(19)12-17(23-18)13-3-2-4-14(20)11-13/h2-12H,1H3,(H,22,23). The predicted octanol–water partition coefficient (Wildman–Crippen LogP) is 4.80. The highest BCUT2D eigenvalue weighted by atomic mass is 35.5. The Bertz CT molecular complexity index is 1030. The molecule has 4 rings (SSSR count). The van der Waals surface area contributed by atoms with Crippen LogP contribution in [0.2, 0.25) is 5.02 Å². The number of nitrogens with one attached hydrogen (secondary N) is 1. The minimum Gasteiger partial charge on any atom is -0.497 e. The van der Waals surface area contributed by atoms with Crippen LogP contribution in [-0.4, -0.2) is 21.5 Å². The zero-order valence-corrected chi connectivity index (χ0v) is 14.2. The summed E-state index contributed by atoms with van der Waals surface area (Å²) in [4.78, 5) is 9.13. The fourth-order valence-electron chi connectivity index (χ4n) is 2.61. The van der Waals surface area contributed by atoms with E-state index in [0.29, 0.717) is 10.8 Å². The second-order valence-electron chi connectivity index (χ2n) is 5.50. The Morgan fingerprint density at radius 2 is 1.96 bits per heavy atom. The van der Waals surface area contributed by atoms with Crippen LogP contribution in [0.25, 0.3) is 16.9 Å². The Morgan fingerprint density at radius 1 is 1.12 bits per heavy atom. The number of benzene rings is 2. The van der Waals surface area contributed by atoms with Gasteiger partial charge < -0.3 is 14.5 Å². The van der Waals surface area contributed by atoms with Gasteiger partial charge in [-0.3, -0.25) is 0 Å². The lowest BCUT2D eigenvalue weighted by atomic mass is 10.1. The van der Waals surface area contributed by atoms with Gasteiger partial charge in [-0.2, -0.15) is 0 Å². The quantitative estimate of drug-likeness (QED) is 0.574. The predicted molar refractivity (Wildman–Crippen MR) is 99.7 cm³/mol. The highest BCUT2D eigenvalue weighted by Crippen LogP contribution is 2.26. The number of hydrogen-bond donors (Lipinski definition) is 1. The minimum absolute atomic E-state index is 0.674. The number of rotatable bonds is 4. The largest absolute Gasteiger partial charge is 0.497 e. The number of methoxy groups -OCH3 is 1. The van der Waals surface area contributed by atoms with Crippen molar-refractivity contribution < 1.29 is 4.74 Å². The molecular weight excluding hydrogens is 336 g/mol. The Kier molecular flexibility index (Phi) is 3.99. The molecule has 0 saturated carbocycles. The third-order valence-electron chi connectivity index (χ3n) is 3.85. The molecule has 0 bridgehead atoms. The summed E-state index contributed by atoms with van der Waals surface area (Å²) in [6.07, 6.45) is 5.58. The number of anilines is 2. The zero-order valence-electron chi connectivity index (χ0n) is 13.5. The van der Waals surface area contributed by atoms with Crippen molar-refractivity contribution in [2.45, 2.75) is 0 Å². The molecule has 0 saturated heterocycles.